The van der Waals surface area contributed by atoms with Gasteiger partial charge in [-0.15, -0.1) is 0 Å². The molecule has 0 spiro atoms. The Kier molecular flexibility index (Phi) is 7.74. The fourth-order valence-electron chi connectivity index (χ4n) is 3.44. The van der Waals surface area contributed by atoms with Gasteiger partial charge in [-0.3, -0.25) is 9.59 Å². The van der Waals surface area contributed by atoms with Gasteiger partial charge in [-0.1, -0.05) is 32.0 Å². The van der Waals surface area contributed by atoms with Gasteiger partial charge in [0.05, 0.1) is 11.2 Å². The van der Waals surface area contributed by atoms with Gasteiger partial charge in [0.15, 0.2) is 0 Å². The van der Waals surface area contributed by atoms with Gasteiger partial charge in [-0.2, -0.15) is 0 Å². The number of hydrogen-bond acceptors (Lipinski definition) is 3. The van der Waals surface area contributed by atoms with E-state index in [1.165, 1.54) is 0 Å². The second kappa shape index (κ2) is 9.65. The maximum atomic E-state index is 11.9. The number of aryl methyl sites for hydroxylation is 1. The summed E-state index contributed by atoms with van der Waals surface area (Å²) in [4.78, 5) is 22.6. The van der Waals surface area contributed by atoms with E-state index in [2.05, 4.69) is 9.88 Å². The number of rotatable bonds is 6. The number of carbonyl (C=O) groups excluding carboxylic acids is 1. The Morgan fingerprint density at radius 2 is 1.86 bits per heavy atom. The second-order valence-electron chi connectivity index (χ2n) is 7.30. The predicted molar refractivity (Wildman–Crippen MR) is 117 cm³/mol. The Labute approximate surface area is 199 Å². The summed E-state index contributed by atoms with van der Waals surface area (Å²) in [7, 11) is 0. The predicted octanol–water partition coefficient (Wildman–Crippen LogP) is 3.32. The van der Waals surface area contributed by atoms with E-state index in [1.807, 2.05) is 51.2 Å². The molecule has 3 aromatic rings. The van der Waals surface area contributed by atoms with Gasteiger partial charge >= 0.3 is 43.7 Å². The summed E-state index contributed by atoms with van der Waals surface area (Å²) in [5.74, 6) is -1.19. The molecule has 1 heterocycles. The number of phenols is 1. The molecule has 3 N–H and O–H groups in total. The van der Waals surface area contributed by atoms with Crippen molar-refractivity contribution < 1.29 is 19.8 Å². The number of anilines is 1. The van der Waals surface area contributed by atoms with E-state index in [1.54, 1.807) is 12.1 Å². The van der Waals surface area contributed by atoms with Crippen molar-refractivity contribution in [2.45, 2.75) is 39.7 Å². The average molecular weight is 423 g/mol. The Hall–Kier alpha value is -2.02. The van der Waals surface area contributed by atoms with Crippen LogP contribution in [0.4, 0.5) is 5.69 Å². The summed E-state index contributed by atoms with van der Waals surface area (Å²) < 4.78 is 2.09. The Morgan fingerprint density at radius 1 is 1.14 bits per heavy atom. The van der Waals surface area contributed by atoms with Gasteiger partial charge in [0.25, 0.3) is 0 Å². The molecule has 2 aromatic carbocycles. The maximum absolute atomic E-state index is 11.9. The Balaban J connectivity index is 0.00000300. The quantitative estimate of drug-likeness (QED) is 0.420. The number of benzene rings is 2. The molecule has 3 rings (SSSR count). The summed E-state index contributed by atoms with van der Waals surface area (Å²) >= 11 is 0. The minimum atomic E-state index is -1.16. The monoisotopic (exact) mass is 422 g/mol. The van der Waals surface area contributed by atoms with Crippen molar-refractivity contribution in [2.75, 3.05) is 5.32 Å². The molecule has 0 aliphatic heterocycles. The van der Waals surface area contributed by atoms with Gasteiger partial charge in [-0.25, -0.2) is 0 Å². The van der Waals surface area contributed by atoms with Gasteiger partial charge in [0.2, 0.25) is 5.91 Å². The SMILES string of the molecule is Cc1ccc(NC(=O)CC(=O)O)c2ccn(Cc3ccc(O)c(C(C)C)c3)c12.[CaH2]. The van der Waals surface area contributed by atoms with Gasteiger partial charge in [0, 0.05) is 18.1 Å². The molecule has 0 aliphatic rings. The van der Waals surface area contributed by atoms with Crippen LogP contribution in [0.25, 0.3) is 10.9 Å². The molecule has 0 radical (unpaired) electrons. The zero-order chi connectivity index (χ0) is 20.4. The van der Waals surface area contributed by atoms with Crippen LogP contribution >= 0.6 is 0 Å². The zero-order valence-corrected chi connectivity index (χ0v) is 16.2. The number of nitrogens with zero attached hydrogens (tertiary/aromatic N) is 1. The van der Waals surface area contributed by atoms with Crippen LogP contribution < -0.4 is 5.32 Å². The molecule has 0 unspecified atom stereocenters. The number of aliphatic carboxylic acids is 1. The minimum absolute atomic E-state index is 0. The van der Waals surface area contributed by atoms with Gasteiger partial charge in [-0.05, 0) is 47.7 Å². The summed E-state index contributed by atoms with van der Waals surface area (Å²) in [6.07, 6.45) is 1.38. The molecule has 150 valence electrons. The van der Waals surface area contributed by atoms with Gasteiger partial charge < -0.3 is 20.1 Å². The molecule has 7 heteroatoms. The van der Waals surface area contributed by atoms with E-state index < -0.39 is 18.3 Å². The van der Waals surface area contributed by atoms with Crippen molar-refractivity contribution in [2.24, 2.45) is 0 Å². The average Bonchev–Trinajstić information content (AvgIpc) is 3.03. The Bertz CT molecular complexity index is 1060. The first kappa shape index (κ1) is 23.3. The van der Waals surface area contributed by atoms with Crippen LogP contribution in [0, 0.1) is 6.92 Å². The topological polar surface area (TPSA) is 91.6 Å². The van der Waals surface area contributed by atoms with Crippen molar-refractivity contribution in [3.63, 3.8) is 0 Å². The Morgan fingerprint density at radius 3 is 2.52 bits per heavy atom. The van der Waals surface area contributed by atoms with Crippen molar-refractivity contribution in [3.05, 3.63) is 59.3 Å². The van der Waals surface area contributed by atoms with Crippen LogP contribution in [-0.4, -0.2) is 64.4 Å². The van der Waals surface area contributed by atoms with Crippen LogP contribution in [0.15, 0.2) is 42.6 Å². The summed E-state index contributed by atoms with van der Waals surface area (Å²) in [5.41, 5.74) is 4.61. The van der Waals surface area contributed by atoms with Crippen molar-refractivity contribution >= 4 is 66.2 Å². The van der Waals surface area contributed by atoms with Crippen molar-refractivity contribution in [3.8, 4) is 5.75 Å². The van der Waals surface area contributed by atoms with Crippen LogP contribution in [0.5, 0.6) is 5.75 Å². The van der Waals surface area contributed by atoms with Crippen molar-refractivity contribution in [1.29, 1.82) is 0 Å². The molecule has 29 heavy (non-hydrogen) atoms. The molecular weight excluding hydrogens is 396 g/mol. The first-order valence-electron chi connectivity index (χ1n) is 9.18. The fourth-order valence-corrected chi connectivity index (χ4v) is 3.44. The molecule has 0 aliphatic carbocycles. The molecule has 0 saturated carbocycles. The summed E-state index contributed by atoms with van der Waals surface area (Å²) in [6.45, 7) is 6.70. The van der Waals surface area contributed by atoms with E-state index in [0.717, 1.165) is 27.6 Å². The molecule has 0 saturated heterocycles. The first-order chi connectivity index (χ1) is 13.3. The van der Waals surface area contributed by atoms with E-state index in [4.69, 9.17) is 5.11 Å². The van der Waals surface area contributed by atoms with E-state index in [-0.39, 0.29) is 43.7 Å². The van der Waals surface area contributed by atoms with Crippen LogP contribution in [0.2, 0.25) is 0 Å². The molecule has 0 atom stereocenters. The first-order valence-corrected chi connectivity index (χ1v) is 9.18. The molecule has 1 amide bonds. The van der Waals surface area contributed by atoms with Crippen LogP contribution in [0.1, 0.15) is 42.9 Å². The van der Waals surface area contributed by atoms with E-state index >= 15 is 0 Å². The summed E-state index contributed by atoms with van der Waals surface area (Å²) in [6, 6.07) is 11.3. The molecular formula is C22H26CaN2O4. The van der Waals surface area contributed by atoms with Crippen LogP contribution in [0.3, 0.4) is 0 Å². The number of phenolic OH excluding ortho intramolecular Hbond substituents is 1. The van der Waals surface area contributed by atoms with E-state index in [0.29, 0.717) is 18.0 Å². The number of fused-ring (bicyclic) bond motifs is 1. The van der Waals surface area contributed by atoms with Crippen LogP contribution in [-0.2, 0) is 16.1 Å². The standard InChI is InChI=1S/C22H24N2O4.Ca.2H/c1-13(2)17-10-15(5-7-19(17)25)12-24-9-8-16-18(6-4-14(3)22(16)24)23-20(26)11-21(27)28;;;/h4-10,13,25H,11-12H2,1-3H3,(H,23,26)(H,27,28);;;. The fraction of sp³-hybridized carbons (Fsp3) is 0.273. The molecule has 6 nitrogen and oxygen atoms in total. The van der Waals surface area contributed by atoms with E-state index in [9.17, 15) is 14.7 Å². The molecule has 0 fully saturated rings. The number of carboxylic acid groups (broad SMARTS) is 1. The molecule has 1 aromatic heterocycles. The molecule has 0 bridgehead atoms. The third-order valence-electron chi connectivity index (χ3n) is 4.78. The number of carboxylic acids is 1. The second-order valence-corrected chi connectivity index (χ2v) is 7.30. The number of carbonyl (C=O) groups is 2. The zero-order valence-electron chi connectivity index (χ0n) is 16.2. The number of nitrogens with one attached hydrogen (secondary N) is 1. The number of aromatic nitrogens is 1. The third kappa shape index (κ3) is 5.32. The number of aromatic hydroxyl groups is 1. The third-order valence-corrected chi connectivity index (χ3v) is 4.78. The summed E-state index contributed by atoms with van der Waals surface area (Å²) in [5, 5.41) is 22.4. The van der Waals surface area contributed by atoms with Gasteiger partial charge in [0.1, 0.15) is 12.2 Å². The number of hydrogen-bond donors (Lipinski definition) is 3. The normalized spacial score (nSPS) is 10.8. The van der Waals surface area contributed by atoms with Crippen molar-refractivity contribution in [1.82, 2.24) is 4.57 Å². The number of amides is 1.